The van der Waals surface area contributed by atoms with Gasteiger partial charge in [-0.15, -0.1) is 0 Å². The number of fused-ring (bicyclic) bond motifs is 1. The Morgan fingerprint density at radius 2 is 2.07 bits per heavy atom. The van der Waals surface area contributed by atoms with Crippen LogP contribution in [0.2, 0.25) is 0 Å². The van der Waals surface area contributed by atoms with Crippen LogP contribution in [0, 0.1) is 13.8 Å². The highest BCUT2D eigenvalue weighted by Crippen LogP contribution is 2.28. The van der Waals surface area contributed by atoms with E-state index in [1.807, 2.05) is 30.0 Å². The molecule has 0 fully saturated rings. The van der Waals surface area contributed by atoms with Crippen LogP contribution in [0.4, 0.5) is 0 Å². The van der Waals surface area contributed by atoms with Crippen LogP contribution in [0.15, 0.2) is 56.4 Å². The predicted molar refractivity (Wildman–Crippen MR) is 110 cm³/mol. The number of hydrogen-bond donors (Lipinski definition) is 1. The van der Waals surface area contributed by atoms with E-state index in [0.717, 1.165) is 22.5 Å². The number of aromatic nitrogens is 2. The first-order valence-electron chi connectivity index (χ1n) is 8.92. The van der Waals surface area contributed by atoms with Crippen molar-refractivity contribution in [2.45, 2.75) is 20.4 Å². The van der Waals surface area contributed by atoms with Crippen molar-refractivity contribution in [2.24, 2.45) is 0 Å². The topological polar surface area (TPSA) is 77.1 Å². The molecule has 0 saturated carbocycles. The molecular weight excluding hydrogens is 374 g/mol. The number of nitrogens with zero attached hydrogens (tertiary/aromatic N) is 2. The average Bonchev–Trinajstić information content (AvgIpc) is 3.29. The third-order valence-electron chi connectivity index (χ3n) is 4.69. The molecule has 0 saturated heterocycles. The molecule has 0 aliphatic heterocycles. The van der Waals surface area contributed by atoms with E-state index in [-0.39, 0.29) is 5.56 Å². The molecule has 3 aromatic heterocycles. The number of thiophene rings is 1. The van der Waals surface area contributed by atoms with Gasteiger partial charge >= 0.3 is 5.63 Å². The summed E-state index contributed by atoms with van der Waals surface area (Å²) in [4.78, 5) is 24.5. The molecule has 1 N–H and O–H groups in total. The lowest BCUT2D eigenvalue weighted by molar-refractivity contribution is 0.0948. The summed E-state index contributed by atoms with van der Waals surface area (Å²) < 4.78 is 7.11. The van der Waals surface area contributed by atoms with Gasteiger partial charge in [-0.3, -0.25) is 9.48 Å². The van der Waals surface area contributed by atoms with Gasteiger partial charge in [-0.1, -0.05) is 18.2 Å². The normalized spacial score (nSPS) is 11.1. The molecule has 3 heterocycles. The third kappa shape index (κ3) is 3.36. The second-order valence-electron chi connectivity index (χ2n) is 6.52. The number of para-hydroxylation sites is 1. The molecule has 6 nitrogen and oxygen atoms in total. The zero-order valence-corrected chi connectivity index (χ0v) is 16.4. The van der Waals surface area contributed by atoms with Crippen LogP contribution in [0.3, 0.4) is 0 Å². The first-order valence-corrected chi connectivity index (χ1v) is 9.86. The standard InChI is InChI=1S/C21H19N3O3S/c1-13-19(16-7-10-28-12-16)14(2)24(23-13)9-8-22-20(25)17-11-15-5-3-4-6-18(15)27-21(17)26/h3-7,10-12H,8-9H2,1-2H3,(H,22,25). The quantitative estimate of drug-likeness (QED) is 0.524. The Kier molecular flexibility index (Phi) is 4.83. The molecule has 0 aliphatic carbocycles. The second-order valence-corrected chi connectivity index (χ2v) is 7.30. The van der Waals surface area contributed by atoms with Crippen LogP contribution in [0.5, 0.6) is 0 Å². The maximum atomic E-state index is 12.4. The van der Waals surface area contributed by atoms with E-state index in [1.165, 1.54) is 0 Å². The molecule has 4 aromatic rings. The van der Waals surface area contributed by atoms with E-state index >= 15 is 0 Å². The molecule has 0 unspecified atom stereocenters. The van der Waals surface area contributed by atoms with Gasteiger partial charge in [0.15, 0.2) is 0 Å². The molecule has 0 radical (unpaired) electrons. The Morgan fingerprint density at radius 3 is 2.86 bits per heavy atom. The van der Waals surface area contributed by atoms with Gasteiger partial charge in [-0.2, -0.15) is 16.4 Å². The highest BCUT2D eigenvalue weighted by Gasteiger charge is 2.15. The van der Waals surface area contributed by atoms with Crippen molar-refractivity contribution in [1.29, 1.82) is 0 Å². The van der Waals surface area contributed by atoms with Crippen LogP contribution >= 0.6 is 11.3 Å². The molecule has 0 spiro atoms. The predicted octanol–water partition coefficient (Wildman–Crippen LogP) is 3.76. The summed E-state index contributed by atoms with van der Waals surface area (Å²) in [6.07, 6.45) is 0. The van der Waals surface area contributed by atoms with Crippen molar-refractivity contribution in [3.63, 3.8) is 0 Å². The number of rotatable bonds is 5. The minimum atomic E-state index is -0.637. The van der Waals surface area contributed by atoms with E-state index in [2.05, 4.69) is 21.9 Å². The van der Waals surface area contributed by atoms with Gasteiger partial charge in [0.25, 0.3) is 5.91 Å². The number of amides is 1. The van der Waals surface area contributed by atoms with Gasteiger partial charge in [0.2, 0.25) is 0 Å². The van der Waals surface area contributed by atoms with Crippen LogP contribution < -0.4 is 10.9 Å². The van der Waals surface area contributed by atoms with Crippen molar-refractivity contribution in [3.8, 4) is 11.1 Å². The van der Waals surface area contributed by atoms with Gasteiger partial charge in [-0.25, -0.2) is 4.79 Å². The lowest BCUT2D eigenvalue weighted by Gasteiger charge is -2.07. The Morgan fingerprint density at radius 1 is 1.25 bits per heavy atom. The minimum Gasteiger partial charge on any atom is -0.422 e. The van der Waals surface area contributed by atoms with Crippen molar-refractivity contribution in [2.75, 3.05) is 6.54 Å². The monoisotopic (exact) mass is 393 g/mol. The third-order valence-corrected chi connectivity index (χ3v) is 5.37. The Bertz CT molecular complexity index is 1210. The number of hydrogen-bond acceptors (Lipinski definition) is 5. The Labute approximate surface area is 165 Å². The summed E-state index contributed by atoms with van der Waals surface area (Å²) in [7, 11) is 0. The fourth-order valence-electron chi connectivity index (χ4n) is 3.33. The zero-order chi connectivity index (χ0) is 19.7. The molecule has 142 valence electrons. The highest BCUT2D eigenvalue weighted by molar-refractivity contribution is 7.08. The van der Waals surface area contributed by atoms with Gasteiger partial charge in [-0.05, 0) is 48.4 Å². The SMILES string of the molecule is Cc1nn(CCNC(=O)c2cc3ccccc3oc2=O)c(C)c1-c1ccsc1. The lowest BCUT2D eigenvalue weighted by atomic mass is 10.1. The Balaban J connectivity index is 1.47. The number of carbonyl (C=O) groups excluding carboxylic acids is 1. The maximum Gasteiger partial charge on any atom is 0.349 e. The summed E-state index contributed by atoms with van der Waals surface area (Å²) in [6, 6.07) is 10.8. The summed E-state index contributed by atoms with van der Waals surface area (Å²) in [5.74, 6) is -0.445. The summed E-state index contributed by atoms with van der Waals surface area (Å²) >= 11 is 1.65. The first-order chi connectivity index (χ1) is 13.5. The van der Waals surface area contributed by atoms with Crippen LogP contribution in [-0.4, -0.2) is 22.2 Å². The highest BCUT2D eigenvalue weighted by atomic mass is 32.1. The van der Waals surface area contributed by atoms with E-state index in [9.17, 15) is 9.59 Å². The second kappa shape index (κ2) is 7.44. The maximum absolute atomic E-state index is 12.4. The summed E-state index contributed by atoms with van der Waals surface area (Å²) in [6.45, 7) is 4.87. The molecule has 0 atom stereocenters. The molecule has 4 rings (SSSR count). The molecule has 7 heteroatoms. The van der Waals surface area contributed by atoms with Gasteiger partial charge in [0.1, 0.15) is 11.1 Å². The number of benzene rings is 1. The van der Waals surface area contributed by atoms with E-state index in [4.69, 9.17) is 4.42 Å². The zero-order valence-electron chi connectivity index (χ0n) is 15.6. The van der Waals surface area contributed by atoms with E-state index in [1.54, 1.807) is 35.6 Å². The van der Waals surface area contributed by atoms with Crippen LogP contribution in [0.25, 0.3) is 22.1 Å². The van der Waals surface area contributed by atoms with Crippen molar-refractivity contribution < 1.29 is 9.21 Å². The summed E-state index contributed by atoms with van der Waals surface area (Å²) in [5.41, 5.74) is 4.13. The van der Waals surface area contributed by atoms with Crippen molar-refractivity contribution in [1.82, 2.24) is 15.1 Å². The first kappa shape index (κ1) is 18.2. The molecular formula is C21H19N3O3S. The van der Waals surface area contributed by atoms with Crippen LogP contribution in [-0.2, 0) is 6.54 Å². The van der Waals surface area contributed by atoms with E-state index < -0.39 is 11.5 Å². The van der Waals surface area contributed by atoms with Gasteiger partial charge in [0, 0.05) is 23.2 Å². The van der Waals surface area contributed by atoms with E-state index in [0.29, 0.717) is 24.1 Å². The number of carbonyl (C=O) groups is 1. The van der Waals surface area contributed by atoms with Gasteiger partial charge in [0.05, 0.1) is 12.2 Å². The van der Waals surface area contributed by atoms with Crippen molar-refractivity contribution in [3.05, 3.63) is 74.5 Å². The fourth-order valence-corrected chi connectivity index (χ4v) is 3.98. The lowest BCUT2D eigenvalue weighted by Crippen LogP contribution is -2.31. The van der Waals surface area contributed by atoms with Crippen molar-refractivity contribution >= 4 is 28.2 Å². The largest absolute Gasteiger partial charge is 0.422 e. The van der Waals surface area contributed by atoms with Gasteiger partial charge < -0.3 is 9.73 Å². The molecule has 0 aliphatic rings. The Hall–Kier alpha value is -3.19. The number of nitrogens with one attached hydrogen (secondary N) is 1. The number of aryl methyl sites for hydroxylation is 1. The molecule has 0 bridgehead atoms. The fraction of sp³-hybridized carbons (Fsp3) is 0.190. The average molecular weight is 393 g/mol. The minimum absolute atomic E-state index is 0.00558. The van der Waals surface area contributed by atoms with Crippen LogP contribution in [0.1, 0.15) is 21.7 Å². The smallest absolute Gasteiger partial charge is 0.349 e. The summed E-state index contributed by atoms with van der Waals surface area (Å²) in [5, 5.41) is 12.2. The molecule has 1 aromatic carbocycles. The molecule has 1 amide bonds. The molecule has 28 heavy (non-hydrogen) atoms.